The van der Waals surface area contributed by atoms with Crippen molar-refractivity contribution in [1.29, 1.82) is 0 Å². The summed E-state index contributed by atoms with van der Waals surface area (Å²) < 4.78 is 5.23. The summed E-state index contributed by atoms with van der Waals surface area (Å²) in [6, 6.07) is 3.44. The van der Waals surface area contributed by atoms with Crippen molar-refractivity contribution in [2.45, 2.75) is 6.42 Å². The SMILES string of the molecule is C=CCOCCC(=O)Nc1cc2c3c(c(-c4cn[nH]c4)[nH]c3c1)C=NNC2=O. The molecule has 0 saturated carbocycles. The van der Waals surface area contributed by atoms with Crippen molar-refractivity contribution < 1.29 is 14.3 Å². The van der Waals surface area contributed by atoms with Gasteiger partial charge in [0.2, 0.25) is 5.91 Å². The minimum Gasteiger partial charge on any atom is -0.377 e. The van der Waals surface area contributed by atoms with E-state index in [1.165, 1.54) is 0 Å². The van der Waals surface area contributed by atoms with Gasteiger partial charge in [-0.15, -0.1) is 6.58 Å². The summed E-state index contributed by atoms with van der Waals surface area (Å²) in [5.41, 5.74) is 6.54. The standard InChI is InChI=1S/C19H18N6O3/c1-2-4-28-5-3-16(26)23-12-6-13-17-14(10-22-25-19(13)27)18(24-15(17)7-12)11-8-20-21-9-11/h2,6-10,24H,1,3-5H2,(H,20,21)(H,23,26)(H,25,27). The molecule has 3 heterocycles. The Morgan fingerprint density at radius 3 is 3.04 bits per heavy atom. The average molecular weight is 378 g/mol. The highest BCUT2D eigenvalue weighted by molar-refractivity contribution is 6.18. The number of carbonyl (C=O) groups excluding carboxylic acids is 2. The molecule has 9 nitrogen and oxygen atoms in total. The smallest absolute Gasteiger partial charge is 0.272 e. The lowest BCUT2D eigenvalue weighted by molar-refractivity contribution is -0.117. The van der Waals surface area contributed by atoms with E-state index in [-0.39, 0.29) is 18.2 Å². The second kappa shape index (κ2) is 7.49. The van der Waals surface area contributed by atoms with Gasteiger partial charge in [-0.2, -0.15) is 10.2 Å². The maximum Gasteiger partial charge on any atom is 0.272 e. The second-order valence-corrected chi connectivity index (χ2v) is 6.21. The van der Waals surface area contributed by atoms with E-state index in [0.29, 0.717) is 30.0 Å². The van der Waals surface area contributed by atoms with Crippen molar-refractivity contribution in [3.05, 3.63) is 48.3 Å². The third kappa shape index (κ3) is 3.30. The molecule has 1 aliphatic heterocycles. The van der Waals surface area contributed by atoms with Crippen LogP contribution in [0.3, 0.4) is 0 Å². The Labute approximate surface area is 159 Å². The molecule has 0 spiro atoms. The fourth-order valence-electron chi connectivity index (χ4n) is 3.12. The first kappa shape index (κ1) is 17.7. The first-order valence-electron chi connectivity index (χ1n) is 8.68. The van der Waals surface area contributed by atoms with Crippen LogP contribution in [-0.2, 0) is 9.53 Å². The normalized spacial score (nSPS) is 12.6. The van der Waals surface area contributed by atoms with E-state index in [9.17, 15) is 9.59 Å². The average Bonchev–Trinajstić information content (AvgIpc) is 3.29. The van der Waals surface area contributed by atoms with Crippen LogP contribution in [-0.4, -0.2) is 46.4 Å². The molecule has 1 aromatic carbocycles. The fourth-order valence-corrected chi connectivity index (χ4v) is 3.12. The number of benzene rings is 1. The number of nitrogens with zero attached hydrogens (tertiary/aromatic N) is 2. The molecule has 3 aromatic rings. The number of anilines is 1. The van der Waals surface area contributed by atoms with Crippen LogP contribution >= 0.6 is 0 Å². The number of hydrogen-bond donors (Lipinski definition) is 4. The Bertz CT molecular complexity index is 1080. The van der Waals surface area contributed by atoms with E-state index in [1.807, 2.05) is 0 Å². The zero-order chi connectivity index (χ0) is 19.5. The molecule has 0 fully saturated rings. The summed E-state index contributed by atoms with van der Waals surface area (Å²) in [6.07, 6.45) is 6.86. The summed E-state index contributed by atoms with van der Waals surface area (Å²) >= 11 is 0. The van der Waals surface area contributed by atoms with Crippen molar-refractivity contribution >= 4 is 34.6 Å². The number of hydrogen-bond acceptors (Lipinski definition) is 5. The number of ether oxygens (including phenoxy) is 1. The Hall–Kier alpha value is -3.72. The van der Waals surface area contributed by atoms with E-state index in [4.69, 9.17) is 4.74 Å². The zero-order valence-corrected chi connectivity index (χ0v) is 14.9. The lowest BCUT2D eigenvalue weighted by Crippen LogP contribution is -2.18. The molecule has 2 amide bonds. The largest absolute Gasteiger partial charge is 0.377 e. The lowest BCUT2D eigenvalue weighted by atomic mass is 10.0. The molecule has 9 heteroatoms. The predicted molar refractivity (Wildman–Crippen MR) is 105 cm³/mol. The molecular formula is C19H18N6O3. The monoisotopic (exact) mass is 378 g/mol. The highest BCUT2D eigenvalue weighted by atomic mass is 16.5. The van der Waals surface area contributed by atoms with Crippen LogP contribution in [0.25, 0.3) is 22.2 Å². The van der Waals surface area contributed by atoms with Crippen LogP contribution in [0.5, 0.6) is 0 Å². The molecule has 0 saturated heterocycles. The Kier molecular flexibility index (Phi) is 4.73. The number of rotatable bonds is 7. The first-order valence-corrected chi connectivity index (χ1v) is 8.68. The molecule has 0 aliphatic carbocycles. The number of aromatic amines is 2. The van der Waals surface area contributed by atoms with Crippen LogP contribution in [0.2, 0.25) is 0 Å². The minimum absolute atomic E-state index is 0.201. The summed E-state index contributed by atoms with van der Waals surface area (Å²) in [5, 5.41) is 14.3. The predicted octanol–water partition coefficient (Wildman–Crippen LogP) is 2.17. The van der Waals surface area contributed by atoms with Crippen molar-refractivity contribution in [2.24, 2.45) is 5.10 Å². The van der Waals surface area contributed by atoms with Gasteiger partial charge in [0.15, 0.2) is 0 Å². The van der Waals surface area contributed by atoms with Gasteiger partial charge in [-0.3, -0.25) is 14.7 Å². The van der Waals surface area contributed by atoms with Gasteiger partial charge in [-0.05, 0) is 12.1 Å². The zero-order valence-electron chi connectivity index (χ0n) is 14.9. The van der Waals surface area contributed by atoms with Crippen LogP contribution in [0.4, 0.5) is 5.69 Å². The van der Waals surface area contributed by atoms with E-state index >= 15 is 0 Å². The van der Waals surface area contributed by atoms with Crippen molar-refractivity contribution in [3.8, 4) is 11.3 Å². The number of carbonyl (C=O) groups is 2. The van der Waals surface area contributed by atoms with Crippen molar-refractivity contribution in [1.82, 2.24) is 20.6 Å². The maximum atomic E-state index is 12.5. The molecular weight excluding hydrogens is 360 g/mol. The molecule has 0 bridgehead atoms. The Morgan fingerprint density at radius 1 is 1.36 bits per heavy atom. The molecule has 4 rings (SSSR count). The number of aromatic nitrogens is 3. The highest BCUT2D eigenvalue weighted by Crippen LogP contribution is 2.34. The molecule has 1 aliphatic rings. The van der Waals surface area contributed by atoms with Gasteiger partial charge >= 0.3 is 0 Å². The second-order valence-electron chi connectivity index (χ2n) is 6.21. The quantitative estimate of drug-likeness (QED) is 0.371. The van der Waals surface area contributed by atoms with Gasteiger partial charge in [0.25, 0.3) is 5.91 Å². The molecule has 4 N–H and O–H groups in total. The number of nitrogens with one attached hydrogen (secondary N) is 4. The molecule has 142 valence electrons. The summed E-state index contributed by atoms with van der Waals surface area (Å²) in [6.45, 7) is 4.24. The minimum atomic E-state index is -0.344. The topological polar surface area (TPSA) is 124 Å². The fraction of sp³-hybridized carbons (Fsp3) is 0.158. The third-order valence-corrected chi connectivity index (χ3v) is 4.32. The maximum absolute atomic E-state index is 12.5. The highest BCUT2D eigenvalue weighted by Gasteiger charge is 2.22. The Balaban J connectivity index is 1.70. The number of H-pyrrole nitrogens is 2. The first-order chi connectivity index (χ1) is 13.7. The van der Waals surface area contributed by atoms with Gasteiger partial charge in [0.05, 0.1) is 43.3 Å². The molecule has 28 heavy (non-hydrogen) atoms. The van der Waals surface area contributed by atoms with Crippen LogP contribution in [0, 0.1) is 0 Å². The van der Waals surface area contributed by atoms with Gasteiger partial charge in [0, 0.05) is 33.9 Å². The van der Waals surface area contributed by atoms with E-state index in [1.54, 1.807) is 36.8 Å². The van der Waals surface area contributed by atoms with E-state index in [0.717, 1.165) is 22.2 Å². The molecule has 2 aromatic heterocycles. The summed E-state index contributed by atoms with van der Waals surface area (Å²) in [5.74, 6) is -0.550. The Morgan fingerprint density at radius 2 is 2.25 bits per heavy atom. The number of hydrazone groups is 1. The lowest BCUT2D eigenvalue weighted by Gasteiger charge is -2.08. The molecule has 0 unspecified atom stereocenters. The molecule has 0 atom stereocenters. The van der Waals surface area contributed by atoms with Crippen molar-refractivity contribution in [3.63, 3.8) is 0 Å². The number of amides is 2. The van der Waals surface area contributed by atoms with E-state index in [2.05, 4.69) is 37.6 Å². The van der Waals surface area contributed by atoms with Crippen LogP contribution in [0.15, 0.2) is 42.3 Å². The van der Waals surface area contributed by atoms with Gasteiger partial charge < -0.3 is 15.0 Å². The van der Waals surface area contributed by atoms with Crippen molar-refractivity contribution in [2.75, 3.05) is 18.5 Å². The summed E-state index contributed by atoms with van der Waals surface area (Å²) in [7, 11) is 0. The van der Waals surface area contributed by atoms with Gasteiger partial charge in [-0.25, -0.2) is 5.43 Å². The molecule has 0 radical (unpaired) electrons. The van der Waals surface area contributed by atoms with Crippen LogP contribution < -0.4 is 10.7 Å². The summed E-state index contributed by atoms with van der Waals surface area (Å²) in [4.78, 5) is 27.9. The van der Waals surface area contributed by atoms with Gasteiger partial charge in [-0.1, -0.05) is 6.08 Å². The van der Waals surface area contributed by atoms with E-state index < -0.39 is 0 Å². The third-order valence-electron chi connectivity index (χ3n) is 4.32. The van der Waals surface area contributed by atoms with Crippen LogP contribution in [0.1, 0.15) is 22.3 Å². The van der Waals surface area contributed by atoms with Gasteiger partial charge in [0.1, 0.15) is 0 Å².